The molecule has 0 unspecified atom stereocenters. The molecule has 0 bridgehead atoms. The van der Waals surface area contributed by atoms with Gasteiger partial charge in [-0.15, -0.1) is 0 Å². The highest BCUT2D eigenvalue weighted by molar-refractivity contribution is 7.99. The Bertz CT molecular complexity index is 647. The molecule has 1 aliphatic rings. The fraction of sp³-hybridized carbons (Fsp3) is 0.235. The number of benzene rings is 2. The van der Waals surface area contributed by atoms with Crippen molar-refractivity contribution >= 4 is 17.5 Å². The van der Waals surface area contributed by atoms with Crippen molar-refractivity contribution in [1.29, 1.82) is 0 Å². The van der Waals surface area contributed by atoms with E-state index in [0.29, 0.717) is 17.7 Å². The van der Waals surface area contributed by atoms with Gasteiger partial charge >= 0.3 is 0 Å². The van der Waals surface area contributed by atoms with E-state index in [0.717, 1.165) is 4.90 Å². The topological polar surface area (TPSA) is 26.3 Å². The Morgan fingerprint density at radius 2 is 1.80 bits per heavy atom. The summed E-state index contributed by atoms with van der Waals surface area (Å²) < 4.78 is 5.93. The smallest absolute Gasteiger partial charge is 0.170 e. The summed E-state index contributed by atoms with van der Waals surface area (Å²) in [6.45, 7) is 3.90. The Morgan fingerprint density at radius 1 is 1.05 bits per heavy atom. The monoisotopic (exact) mass is 284 g/mol. The number of hydrogen-bond acceptors (Lipinski definition) is 3. The van der Waals surface area contributed by atoms with Gasteiger partial charge in [0, 0.05) is 9.79 Å². The zero-order valence-corrected chi connectivity index (χ0v) is 12.4. The summed E-state index contributed by atoms with van der Waals surface area (Å²) in [5.41, 5.74) is 0.280. The van der Waals surface area contributed by atoms with Gasteiger partial charge in [0.25, 0.3) is 0 Å². The van der Waals surface area contributed by atoms with Gasteiger partial charge in [0.15, 0.2) is 5.78 Å². The van der Waals surface area contributed by atoms with Crippen LogP contribution in [0.4, 0.5) is 0 Å². The molecular weight excluding hydrogens is 268 g/mol. The van der Waals surface area contributed by atoms with Crippen LogP contribution in [0.5, 0.6) is 5.75 Å². The summed E-state index contributed by atoms with van der Waals surface area (Å²) in [6.07, 6.45) is 0.436. The summed E-state index contributed by atoms with van der Waals surface area (Å²) in [4.78, 5) is 14.3. The molecule has 2 aromatic rings. The van der Waals surface area contributed by atoms with E-state index >= 15 is 0 Å². The molecule has 1 aliphatic heterocycles. The molecule has 2 aromatic carbocycles. The average molecular weight is 284 g/mol. The van der Waals surface area contributed by atoms with Crippen molar-refractivity contribution in [3.8, 4) is 5.75 Å². The average Bonchev–Trinajstić information content (AvgIpc) is 2.38. The number of hydrogen-bond donors (Lipinski definition) is 0. The van der Waals surface area contributed by atoms with E-state index in [1.54, 1.807) is 11.8 Å². The van der Waals surface area contributed by atoms with Crippen molar-refractivity contribution in [1.82, 2.24) is 0 Å². The summed E-state index contributed by atoms with van der Waals surface area (Å²) in [6, 6.07) is 16.0. The minimum Gasteiger partial charge on any atom is -0.487 e. The second-order valence-corrected chi connectivity index (χ2v) is 6.68. The summed E-state index contributed by atoms with van der Waals surface area (Å²) in [5, 5.41) is 0. The number of Topliss-reactive ketones (excluding diaryl/α,β-unsaturated/α-hetero) is 1. The number of ether oxygens (including phenoxy) is 1. The Labute approximate surface area is 123 Å². The molecular formula is C17H16O2S. The van der Waals surface area contributed by atoms with Gasteiger partial charge in [-0.25, -0.2) is 0 Å². The van der Waals surface area contributed by atoms with Crippen molar-refractivity contribution in [2.45, 2.75) is 35.7 Å². The molecule has 0 radical (unpaired) electrons. The molecule has 1 heterocycles. The quantitative estimate of drug-likeness (QED) is 0.807. The van der Waals surface area contributed by atoms with Crippen LogP contribution in [0, 0.1) is 0 Å². The molecule has 0 fully saturated rings. The van der Waals surface area contributed by atoms with Crippen LogP contribution in [0.1, 0.15) is 30.6 Å². The normalized spacial score (nSPS) is 16.4. The lowest BCUT2D eigenvalue weighted by atomic mass is 9.93. The molecule has 0 atom stereocenters. The van der Waals surface area contributed by atoms with Gasteiger partial charge in [-0.3, -0.25) is 4.79 Å². The third kappa shape index (κ3) is 2.73. The van der Waals surface area contributed by atoms with Gasteiger partial charge in [-0.2, -0.15) is 0 Å². The Balaban J connectivity index is 1.91. The number of rotatable bonds is 2. The van der Waals surface area contributed by atoms with Crippen molar-refractivity contribution in [2.75, 3.05) is 0 Å². The predicted octanol–water partition coefficient (Wildman–Crippen LogP) is 4.58. The summed E-state index contributed by atoms with van der Waals surface area (Å²) >= 11 is 1.67. The molecule has 20 heavy (non-hydrogen) atoms. The van der Waals surface area contributed by atoms with Crippen LogP contribution in [-0.4, -0.2) is 11.4 Å². The van der Waals surface area contributed by atoms with Crippen LogP contribution in [-0.2, 0) is 0 Å². The third-order valence-corrected chi connectivity index (χ3v) is 4.20. The maximum atomic E-state index is 12.1. The SMILES string of the molecule is CC1(C)CC(=O)c2ccc(Sc3ccccc3)cc2O1. The molecule has 0 amide bonds. The molecule has 102 valence electrons. The first kappa shape index (κ1) is 13.3. The molecule has 0 saturated heterocycles. The van der Waals surface area contributed by atoms with Gasteiger partial charge in [0.1, 0.15) is 11.4 Å². The Kier molecular flexibility index (Phi) is 3.30. The highest BCUT2D eigenvalue weighted by Crippen LogP contribution is 2.37. The van der Waals surface area contributed by atoms with Crippen molar-refractivity contribution in [3.63, 3.8) is 0 Å². The van der Waals surface area contributed by atoms with E-state index < -0.39 is 5.60 Å². The van der Waals surface area contributed by atoms with Gasteiger partial charge in [-0.1, -0.05) is 30.0 Å². The van der Waals surface area contributed by atoms with Crippen LogP contribution < -0.4 is 4.74 Å². The standard InChI is InChI=1S/C17H16O2S/c1-17(2)11-15(18)14-9-8-13(10-16(14)19-17)20-12-6-4-3-5-7-12/h3-10H,11H2,1-2H3. The van der Waals surface area contributed by atoms with E-state index in [9.17, 15) is 4.79 Å². The van der Waals surface area contributed by atoms with Gasteiger partial charge in [-0.05, 0) is 44.2 Å². The second-order valence-electron chi connectivity index (χ2n) is 5.53. The first-order chi connectivity index (χ1) is 9.53. The fourth-order valence-corrected chi connectivity index (χ4v) is 3.19. The van der Waals surface area contributed by atoms with Crippen molar-refractivity contribution < 1.29 is 9.53 Å². The maximum absolute atomic E-state index is 12.1. The Hall–Kier alpha value is -1.74. The molecule has 0 aliphatic carbocycles. The predicted molar refractivity (Wildman–Crippen MR) is 80.7 cm³/mol. The highest BCUT2D eigenvalue weighted by Gasteiger charge is 2.32. The first-order valence-electron chi connectivity index (χ1n) is 6.63. The minimum absolute atomic E-state index is 0.160. The Morgan fingerprint density at radius 3 is 2.55 bits per heavy atom. The minimum atomic E-state index is -0.417. The van der Waals surface area contributed by atoms with Crippen LogP contribution in [0.15, 0.2) is 58.3 Å². The van der Waals surface area contributed by atoms with Gasteiger partial charge in [0.05, 0.1) is 12.0 Å². The van der Waals surface area contributed by atoms with E-state index in [-0.39, 0.29) is 5.78 Å². The fourth-order valence-electron chi connectivity index (χ4n) is 2.32. The highest BCUT2D eigenvalue weighted by atomic mass is 32.2. The summed E-state index contributed by atoms with van der Waals surface area (Å²) in [5.74, 6) is 0.861. The summed E-state index contributed by atoms with van der Waals surface area (Å²) in [7, 11) is 0. The number of carbonyl (C=O) groups excluding carboxylic acids is 1. The van der Waals surface area contributed by atoms with Crippen LogP contribution >= 0.6 is 11.8 Å². The zero-order chi connectivity index (χ0) is 14.2. The molecule has 3 heteroatoms. The zero-order valence-electron chi connectivity index (χ0n) is 11.6. The first-order valence-corrected chi connectivity index (χ1v) is 7.44. The van der Waals surface area contributed by atoms with Crippen molar-refractivity contribution in [2.24, 2.45) is 0 Å². The third-order valence-electron chi connectivity index (χ3n) is 3.20. The molecule has 0 aromatic heterocycles. The maximum Gasteiger partial charge on any atom is 0.170 e. The molecule has 0 N–H and O–H groups in total. The largest absolute Gasteiger partial charge is 0.487 e. The van der Waals surface area contributed by atoms with Crippen LogP contribution in [0.2, 0.25) is 0 Å². The lowest BCUT2D eigenvalue weighted by molar-refractivity contribution is 0.0618. The second kappa shape index (κ2) is 4.98. The molecule has 0 spiro atoms. The molecule has 3 rings (SSSR count). The van der Waals surface area contributed by atoms with E-state index in [1.807, 2.05) is 50.2 Å². The van der Waals surface area contributed by atoms with E-state index in [4.69, 9.17) is 4.74 Å². The van der Waals surface area contributed by atoms with Crippen molar-refractivity contribution in [3.05, 3.63) is 54.1 Å². The van der Waals surface area contributed by atoms with E-state index in [1.165, 1.54) is 4.90 Å². The molecule has 2 nitrogen and oxygen atoms in total. The lowest BCUT2D eigenvalue weighted by Gasteiger charge is -2.31. The van der Waals surface area contributed by atoms with Gasteiger partial charge < -0.3 is 4.74 Å². The van der Waals surface area contributed by atoms with Crippen LogP contribution in [0.3, 0.4) is 0 Å². The van der Waals surface area contributed by atoms with Gasteiger partial charge in [0.2, 0.25) is 0 Å². The lowest BCUT2D eigenvalue weighted by Crippen LogP contribution is -2.35. The van der Waals surface area contributed by atoms with E-state index in [2.05, 4.69) is 12.1 Å². The number of fused-ring (bicyclic) bond motifs is 1. The van der Waals surface area contributed by atoms with Crippen LogP contribution in [0.25, 0.3) is 0 Å². The molecule has 0 saturated carbocycles. The number of carbonyl (C=O) groups is 1. The number of ketones is 1.